The molecule has 0 N–H and O–H groups in total. The van der Waals surface area contributed by atoms with Crippen LogP contribution in [0.2, 0.25) is 0 Å². The Hall–Kier alpha value is -1.44. The average molecular weight is 216 g/mol. The summed E-state index contributed by atoms with van der Waals surface area (Å²) >= 11 is 0. The molecule has 0 aliphatic rings. The van der Waals surface area contributed by atoms with Crippen molar-refractivity contribution in [1.29, 1.82) is 0 Å². The molecule has 2 nitrogen and oxygen atoms in total. The molecule has 0 amide bonds. The summed E-state index contributed by atoms with van der Waals surface area (Å²) in [6, 6.07) is 2.03. The topological polar surface area (TPSA) is 25.8 Å². The first-order valence-electron chi connectivity index (χ1n) is 5.89. The Kier molecular flexibility index (Phi) is 4.41. The van der Waals surface area contributed by atoms with E-state index in [9.17, 15) is 0 Å². The highest BCUT2D eigenvalue weighted by Crippen LogP contribution is 2.24. The normalized spacial score (nSPS) is 10.1. The second-order valence-electron chi connectivity index (χ2n) is 3.87. The molecule has 2 aromatic rings. The van der Waals surface area contributed by atoms with Crippen molar-refractivity contribution in [2.45, 2.75) is 40.5 Å². The summed E-state index contributed by atoms with van der Waals surface area (Å²) in [4.78, 5) is 8.57. The van der Waals surface area contributed by atoms with Gasteiger partial charge < -0.3 is 0 Å². The van der Waals surface area contributed by atoms with Crippen LogP contribution in [0.3, 0.4) is 0 Å². The van der Waals surface area contributed by atoms with Gasteiger partial charge in [-0.3, -0.25) is 9.97 Å². The van der Waals surface area contributed by atoms with Crippen molar-refractivity contribution in [3.05, 3.63) is 35.9 Å². The maximum absolute atomic E-state index is 4.40. The molecule has 0 saturated heterocycles. The number of hydrogen-bond acceptors (Lipinski definition) is 2. The molecule has 0 bridgehead atoms. The average Bonchev–Trinajstić information content (AvgIpc) is 2.32. The lowest BCUT2D eigenvalue weighted by Gasteiger charge is -2.10. The Morgan fingerprint density at radius 1 is 1.06 bits per heavy atom. The summed E-state index contributed by atoms with van der Waals surface area (Å²) in [6.45, 7) is 10.4. The fourth-order valence-corrected chi connectivity index (χ4v) is 1.71. The molecular weight excluding hydrogens is 196 g/mol. The summed E-state index contributed by atoms with van der Waals surface area (Å²) in [5.41, 5.74) is 2.35. The predicted octanol–water partition coefficient (Wildman–Crippen LogP) is 4.09. The molecule has 2 heteroatoms. The van der Waals surface area contributed by atoms with Crippen LogP contribution in [0.15, 0.2) is 24.7 Å². The molecule has 0 spiro atoms. The van der Waals surface area contributed by atoms with Gasteiger partial charge >= 0.3 is 0 Å². The molecule has 2 aromatic heterocycles. The second-order valence-corrected chi connectivity index (χ2v) is 3.87. The molecule has 0 aliphatic heterocycles. The molecule has 2 heterocycles. The van der Waals surface area contributed by atoms with Crippen LogP contribution in [-0.4, -0.2) is 9.97 Å². The minimum absolute atomic E-state index is 0.495. The lowest BCUT2D eigenvalue weighted by atomic mass is 9.99. The van der Waals surface area contributed by atoms with Gasteiger partial charge in [0.2, 0.25) is 0 Å². The molecule has 0 unspecified atom stereocenters. The Morgan fingerprint density at radius 3 is 2.38 bits per heavy atom. The predicted molar refractivity (Wildman–Crippen MR) is 69.7 cm³/mol. The van der Waals surface area contributed by atoms with E-state index >= 15 is 0 Å². The third-order valence-electron chi connectivity index (χ3n) is 2.54. The monoisotopic (exact) mass is 216 g/mol. The van der Waals surface area contributed by atoms with E-state index in [4.69, 9.17) is 0 Å². The van der Waals surface area contributed by atoms with Crippen LogP contribution in [0.1, 0.15) is 44.9 Å². The van der Waals surface area contributed by atoms with Crippen molar-refractivity contribution in [3.8, 4) is 0 Å². The van der Waals surface area contributed by atoms with Gasteiger partial charge in [0.25, 0.3) is 0 Å². The number of fused-ring (bicyclic) bond motifs is 1. The zero-order valence-corrected chi connectivity index (χ0v) is 10.8. The summed E-state index contributed by atoms with van der Waals surface area (Å²) in [6.07, 6.45) is 5.71. The zero-order chi connectivity index (χ0) is 12.1. The number of hydrogen-bond donors (Lipinski definition) is 0. The molecule has 2 rings (SSSR count). The Bertz CT molecular complexity index is 461. The van der Waals surface area contributed by atoms with E-state index in [2.05, 4.69) is 23.8 Å². The van der Waals surface area contributed by atoms with Crippen LogP contribution < -0.4 is 0 Å². The number of nitrogens with zero attached hydrogens (tertiary/aromatic N) is 2. The molecule has 0 fully saturated rings. The van der Waals surface area contributed by atoms with E-state index in [0.717, 1.165) is 5.69 Å². The first-order chi connectivity index (χ1) is 7.70. The van der Waals surface area contributed by atoms with E-state index in [1.165, 1.54) is 16.3 Å². The summed E-state index contributed by atoms with van der Waals surface area (Å²) in [7, 11) is 0. The molecular formula is C14H20N2. The lowest BCUT2D eigenvalue weighted by molar-refractivity contribution is 0.866. The summed E-state index contributed by atoms with van der Waals surface area (Å²) in [5, 5.41) is 2.45. The number of aromatic nitrogens is 2. The van der Waals surface area contributed by atoms with Crippen molar-refractivity contribution in [3.63, 3.8) is 0 Å². The first-order valence-corrected chi connectivity index (χ1v) is 5.89. The van der Waals surface area contributed by atoms with Crippen molar-refractivity contribution in [2.24, 2.45) is 0 Å². The standard InChI is InChI=1S/C12H14N2.C2H6/c1-8(2)11-7-14-9(3)10-4-5-13-6-12(10)11;1-2/h4-8H,1-3H3;1-2H3. The van der Waals surface area contributed by atoms with Crippen molar-refractivity contribution in [2.75, 3.05) is 0 Å². The van der Waals surface area contributed by atoms with Gasteiger partial charge in [0.05, 0.1) is 0 Å². The number of aryl methyl sites for hydroxylation is 1. The highest BCUT2D eigenvalue weighted by Gasteiger charge is 2.07. The van der Waals surface area contributed by atoms with E-state index in [1.807, 2.05) is 45.4 Å². The van der Waals surface area contributed by atoms with Gasteiger partial charge in [-0.1, -0.05) is 27.7 Å². The minimum atomic E-state index is 0.495. The smallest absolute Gasteiger partial charge is 0.0452 e. The maximum Gasteiger partial charge on any atom is 0.0452 e. The minimum Gasteiger partial charge on any atom is -0.264 e. The van der Waals surface area contributed by atoms with Gasteiger partial charge in [-0.05, 0) is 24.5 Å². The third kappa shape index (κ3) is 2.38. The van der Waals surface area contributed by atoms with E-state index in [0.29, 0.717) is 5.92 Å². The van der Waals surface area contributed by atoms with Crippen molar-refractivity contribution < 1.29 is 0 Å². The Balaban J connectivity index is 0.000000606. The quantitative estimate of drug-likeness (QED) is 0.717. The van der Waals surface area contributed by atoms with Crippen molar-refractivity contribution >= 4 is 10.8 Å². The zero-order valence-electron chi connectivity index (χ0n) is 10.8. The molecule has 0 saturated carbocycles. The molecule has 0 radical (unpaired) electrons. The summed E-state index contributed by atoms with van der Waals surface area (Å²) < 4.78 is 0. The highest BCUT2D eigenvalue weighted by molar-refractivity contribution is 5.86. The molecule has 0 aliphatic carbocycles. The molecule has 0 aromatic carbocycles. The van der Waals surface area contributed by atoms with Crippen LogP contribution in [0, 0.1) is 6.92 Å². The Morgan fingerprint density at radius 2 is 1.75 bits per heavy atom. The first kappa shape index (κ1) is 12.6. The van der Waals surface area contributed by atoms with Gasteiger partial charge in [0.15, 0.2) is 0 Å². The van der Waals surface area contributed by atoms with Crippen LogP contribution in [-0.2, 0) is 0 Å². The Labute approximate surface area is 97.7 Å². The van der Waals surface area contributed by atoms with Gasteiger partial charge in [0.1, 0.15) is 0 Å². The van der Waals surface area contributed by atoms with Gasteiger partial charge in [-0.15, -0.1) is 0 Å². The van der Waals surface area contributed by atoms with E-state index < -0.39 is 0 Å². The van der Waals surface area contributed by atoms with Crippen LogP contribution in [0.5, 0.6) is 0 Å². The lowest BCUT2D eigenvalue weighted by Crippen LogP contribution is -1.94. The fourth-order valence-electron chi connectivity index (χ4n) is 1.71. The van der Waals surface area contributed by atoms with Gasteiger partial charge in [-0.25, -0.2) is 0 Å². The van der Waals surface area contributed by atoms with E-state index in [-0.39, 0.29) is 0 Å². The van der Waals surface area contributed by atoms with Crippen LogP contribution in [0.25, 0.3) is 10.8 Å². The third-order valence-corrected chi connectivity index (χ3v) is 2.54. The highest BCUT2D eigenvalue weighted by atomic mass is 14.7. The molecule has 0 atom stereocenters. The summed E-state index contributed by atoms with van der Waals surface area (Å²) in [5.74, 6) is 0.495. The van der Waals surface area contributed by atoms with Crippen molar-refractivity contribution in [1.82, 2.24) is 9.97 Å². The largest absolute Gasteiger partial charge is 0.264 e. The fraction of sp³-hybridized carbons (Fsp3) is 0.429. The second kappa shape index (κ2) is 5.59. The van der Waals surface area contributed by atoms with Crippen LogP contribution >= 0.6 is 0 Å². The van der Waals surface area contributed by atoms with E-state index in [1.54, 1.807) is 0 Å². The number of pyridine rings is 2. The SMILES string of the molecule is CC.Cc1ncc(C(C)C)c2cnccc12. The van der Waals surface area contributed by atoms with Gasteiger partial charge in [-0.2, -0.15) is 0 Å². The maximum atomic E-state index is 4.40. The van der Waals surface area contributed by atoms with Gasteiger partial charge in [0, 0.05) is 35.1 Å². The number of rotatable bonds is 1. The van der Waals surface area contributed by atoms with Crippen LogP contribution in [0.4, 0.5) is 0 Å². The molecule has 16 heavy (non-hydrogen) atoms. The molecule has 86 valence electrons.